The van der Waals surface area contributed by atoms with Crippen LogP contribution in [-0.2, 0) is 0 Å². The average Bonchev–Trinajstić information content (AvgIpc) is 2.89. The molecule has 0 radical (unpaired) electrons. The van der Waals surface area contributed by atoms with Gasteiger partial charge >= 0.3 is 0 Å². The van der Waals surface area contributed by atoms with E-state index in [0.29, 0.717) is 17.9 Å². The third kappa shape index (κ3) is 3.73. The van der Waals surface area contributed by atoms with Gasteiger partial charge in [0, 0.05) is 12.6 Å². The molecule has 0 aliphatic heterocycles. The molecule has 0 aromatic carbocycles. The molecule has 100 valence electrons. The van der Waals surface area contributed by atoms with E-state index < -0.39 is 0 Å². The van der Waals surface area contributed by atoms with Gasteiger partial charge in [0.2, 0.25) is 11.9 Å². The highest BCUT2D eigenvalue weighted by molar-refractivity contribution is 7.98. The van der Waals surface area contributed by atoms with E-state index in [2.05, 4.69) is 32.5 Å². The second-order valence-corrected chi connectivity index (χ2v) is 5.30. The highest BCUT2D eigenvalue weighted by atomic mass is 32.2. The van der Waals surface area contributed by atoms with Gasteiger partial charge in [-0.3, -0.25) is 0 Å². The molecule has 0 atom stereocenters. The summed E-state index contributed by atoms with van der Waals surface area (Å²) in [5.74, 6) is 1.39. The minimum Gasteiger partial charge on any atom is -0.354 e. The molecule has 1 heterocycles. The number of aromatic nitrogens is 3. The van der Waals surface area contributed by atoms with Crippen molar-refractivity contribution in [2.75, 3.05) is 23.4 Å². The lowest BCUT2D eigenvalue weighted by Gasteiger charge is -2.13. The molecule has 2 N–H and O–H groups in total. The Balaban J connectivity index is 2.06. The van der Waals surface area contributed by atoms with E-state index in [1.807, 2.05) is 6.26 Å². The van der Waals surface area contributed by atoms with Crippen molar-refractivity contribution in [3.8, 4) is 0 Å². The summed E-state index contributed by atoms with van der Waals surface area (Å²) < 4.78 is 0. The number of thioether (sulfide) groups is 1. The van der Waals surface area contributed by atoms with E-state index in [0.717, 1.165) is 18.1 Å². The second-order valence-electron chi connectivity index (χ2n) is 4.52. The summed E-state index contributed by atoms with van der Waals surface area (Å²) in [4.78, 5) is 13.2. The van der Waals surface area contributed by atoms with Crippen LogP contribution in [0.2, 0.25) is 0 Å². The first-order chi connectivity index (χ1) is 8.81. The number of hydrogen-bond acceptors (Lipinski definition) is 6. The third-order valence-corrected chi connectivity index (χ3v) is 3.57. The molecule has 0 saturated heterocycles. The SMILES string of the molecule is CCCNc1nc(NC2CCCC2)nc(SC)n1. The van der Waals surface area contributed by atoms with Gasteiger partial charge in [0.15, 0.2) is 5.16 Å². The standard InChI is InChI=1S/C12H21N5S/c1-3-8-13-10-15-11(17-12(16-10)18-2)14-9-6-4-5-7-9/h9H,3-8H2,1-2H3,(H2,13,14,15,16,17). The summed E-state index contributed by atoms with van der Waals surface area (Å²) in [7, 11) is 0. The van der Waals surface area contributed by atoms with Crippen LogP contribution in [-0.4, -0.2) is 33.8 Å². The molecule has 0 bridgehead atoms. The summed E-state index contributed by atoms with van der Waals surface area (Å²) in [6.07, 6.45) is 8.10. The Morgan fingerprint density at radius 2 is 1.89 bits per heavy atom. The van der Waals surface area contributed by atoms with E-state index in [1.165, 1.54) is 25.7 Å². The molecule has 5 nitrogen and oxygen atoms in total. The number of anilines is 2. The summed E-state index contributed by atoms with van der Waals surface area (Å²) in [6.45, 7) is 3.02. The molecule has 0 amide bonds. The summed E-state index contributed by atoms with van der Waals surface area (Å²) in [5, 5.41) is 7.40. The van der Waals surface area contributed by atoms with Crippen molar-refractivity contribution in [1.82, 2.24) is 15.0 Å². The van der Waals surface area contributed by atoms with E-state index in [9.17, 15) is 0 Å². The van der Waals surface area contributed by atoms with Crippen molar-refractivity contribution >= 4 is 23.7 Å². The maximum absolute atomic E-state index is 4.42. The van der Waals surface area contributed by atoms with Crippen LogP contribution < -0.4 is 10.6 Å². The largest absolute Gasteiger partial charge is 0.354 e. The number of rotatable bonds is 6. The molecule has 1 fully saturated rings. The summed E-state index contributed by atoms with van der Waals surface area (Å²) in [6, 6.07) is 0.529. The second kappa shape index (κ2) is 6.78. The molecule has 1 aromatic heterocycles. The number of hydrogen-bond donors (Lipinski definition) is 2. The highest BCUT2D eigenvalue weighted by Crippen LogP contribution is 2.22. The highest BCUT2D eigenvalue weighted by Gasteiger charge is 2.16. The molecule has 0 spiro atoms. The van der Waals surface area contributed by atoms with Gasteiger partial charge in [-0.2, -0.15) is 15.0 Å². The first-order valence-electron chi connectivity index (χ1n) is 6.62. The predicted molar refractivity (Wildman–Crippen MR) is 76.3 cm³/mol. The van der Waals surface area contributed by atoms with Crippen molar-refractivity contribution in [3.05, 3.63) is 0 Å². The van der Waals surface area contributed by atoms with Gasteiger partial charge < -0.3 is 10.6 Å². The summed E-state index contributed by atoms with van der Waals surface area (Å²) in [5.41, 5.74) is 0. The van der Waals surface area contributed by atoms with Crippen LogP contribution in [0.3, 0.4) is 0 Å². The molecule has 1 saturated carbocycles. The normalized spacial score (nSPS) is 15.9. The van der Waals surface area contributed by atoms with Crippen LogP contribution in [0.15, 0.2) is 5.16 Å². The molecule has 1 aromatic rings. The Kier molecular flexibility index (Phi) is 5.04. The van der Waals surface area contributed by atoms with Crippen LogP contribution >= 0.6 is 11.8 Å². The van der Waals surface area contributed by atoms with Gasteiger partial charge in [-0.1, -0.05) is 31.5 Å². The molecule has 18 heavy (non-hydrogen) atoms. The van der Waals surface area contributed by atoms with Crippen LogP contribution in [0.5, 0.6) is 0 Å². The van der Waals surface area contributed by atoms with Crippen molar-refractivity contribution in [1.29, 1.82) is 0 Å². The Bertz CT molecular complexity index is 379. The zero-order valence-electron chi connectivity index (χ0n) is 11.1. The van der Waals surface area contributed by atoms with Crippen LogP contribution in [0.25, 0.3) is 0 Å². The van der Waals surface area contributed by atoms with Crippen molar-refractivity contribution < 1.29 is 0 Å². The molecule has 1 aliphatic carbocycles. The molecule has 0 unspecified atom stereocenters. The van der Waals surface area contributed by atoms with Gasteiger partial charge in [0.05, 0.1) is 0 Å². The fraction of sp³-hybridized carbons (Fsp3) is 0.750. The van der Waals surface area contributed by atoms with Crippen molar-refractivity contribution in [2.45, 2.75) is 50.2 Å². The molecule has 2 rings (SSSR count). The van der Waals surface area contributed by atoms with Gasteiger partial charge in [-0.05, 0) is 25.5 Å². The van der Waals surface area contributed by atoms with Crippen LogP contribution in [0.1, 0.15) is 39.0 Å². The van der Waals surface area contributed by atoms with Crippen LogP contribution in [0.4, 0.5) is 11.9 Å². The first-order valence-corrected chi connectivity index (χ1v) is 7.84. The maximum atomic E-state index is 4.42. The van der Waals surface area contributed by atoms with Crippen molar-refractivity contribution in [3.63, 3.8) is 0 Å². The van der Waals surface area contributed by atoms with Gasteiger partial charge in [0.1, 0.15) is 0 Å². The molecular weight excluding hydrogens is 246 g/mol. The van der Waals surface area contributed by atoms with E-state index in [4.69, 9.17) is 0 Å². The van der Waals surface area contributed by atoms with Crippen LogP contribution in [0, 0.1) is 0 Å². The molecule has 1 aliphatic rings. The zero-order valence-corrected chi connectivity index (χ0v) is 11.9. The minimum atomic E-state index is 0.529. The lowest BCUT2D eigenvalue weighted by atomic mass is 10.3. The smallest absolute Gasteiger partial charge is 0.228 e. The predicted octanol–water partition coefficient (Wildman–Crippen LogP) is 2.77. The minimum absolute atomic E-state index is 0.529. The molecular formula is C12H21N5S. The Morgan fingerprint density at radius 3 is 2.56 bits per heavy atom. The quantitative estimate of drug-likeness (QED) is 0.773. The Hall–Kier alpha value is -1.04. The lowest BCUT2D eigenvalue weighted by molar-refractivity contribution is 0.735. The van der Waals surface area contributed by atoms with E-state index in [1.54, 1.807) is 11.8 Å². The van der Waals surface area contributed by atoms with E-state index >= 15 is 0 Å². The summed E-state index contributed by atoms with van der Waals surface area (Å²) >= 11 is 1.55. The van der Waals surface area contributed by atoms with Crippen molar-refractivity contribution in [2.24, 2.45) is 0 Å². The lowest BCUT2D eigenvalue weighted by Crippen LogP contribution is -2.18. The number of nitrogens with one attached hydrogen (secondary N) is 2. The first kappa shape index (κ1) is 13.4. The van der Waals surface area contributed by atoms with Gasteiger partial charge in [-0.25, -0.2) is 0 Å². The van der Waals surface area contributed by atoms with Gasteiger partial charge in [0.25, 0.3) is 0 Å². The zero-order chi connectivity index (χ0) is 12.8. The monoisotopic (exact) mass is 267 g/mol. The Morgan fingerprint density at radius 1 is 1.17 bits per heavy atom. The maximum Gasteiger partial charge on any atom is 0.228 e. The topological polar surface area (TPSA) is 62.7 Å². The number of nitrogens with zero attached hydrogens (tertiary/aromatic N) is 3. The average molecular weight is 267 g/mol. The Labute approximate surface area is 113 Å². The fourth-order valence-corrected chi connectivity index (χ4v) is 2.44. The fourth-order valence-electron chi connectivity index (χ4n) is 2.08. The van der Waals surface area contributed by atoms with Gasteiger partial charge in [-0.15, -0.1) is 0 Å². The third-order valence-electron chi connectivity index (χ3n) is 3.02. The molecule has 6 heteroatoms. The van der Waals surface area contributed by atoms with E-state index in [-0.39, 0.29) is 0 Å².